The summed E-state index contributed by atoms with van der Waals surface area (Å²) in [5, 5.41) is 2.75. The summed E-state index contributed by atoms with van der Waals surface area (Å²) in [4.78, 5) is 15.4. The molecule has 0 aliphatic rings. The molecule has 0 spiro atoms. The highest BCUT2D eigenvalue weighted by atomic mass is 16.1. The van der Waals surface area contributed by atoms with Gasteiger partial charge < -0.3 is 15.6 Å². The van der Waals surface area contributed by atoms with Crippen molar-refractivity contribution in [1.82, 2.24) is 9.55 Å². The van der Waals surface area contributed by atoms with Gasteiger partial charge in [-0.15, -0.1) is 0 Å². The predicted molar refractivity (Wildman–Crippen MR) is 74.7 cm³/mol. The Morgan fingerprint density at radius 1 is 1.53 bits per heavy atom. The largest absolute Gasteiger partial charge is 0.334 e. The number of nitrogens with two attached hydrogens (primary N) is 1. The van der Waals surface area contributed by atoms with Crippen LogP contribution >= 0.6 is 0 Å². The average Bonchev–Trinajstić information content (AvgIpc) is 2.85. The van der Waals surface area contributed by atoms with E-state index in [4.69, 9.17) is 5.73 Å². The number of carbonyl (C=O) groups excluding carboxylic acids is 1. The Labute approximate surface area is 112 Å². The van der Waals surface area contributed by atoms with Crippen LogP contribution in [0.3, 0.4) is 0 Å². The molecule has 1 amide bonds. The second kappa shape index (κ2) is 5.67. The Bertz CT molecular complexity index is 576. The topological polar surface area (TPSA) is 72.9 Å². The Hall–Kier alpha value is -2.14. The maximum Gasteiger partial charge on any atom is 0.221 e. The van der Waals surface area contributed by atoms with Crippen molar-refractivity contribution in [2.75, 3.05) is 5.32 Å². The van der Waals surface area contributed by atoms with Crippen molar-refractivity contribution < 1.29 is 4.79 Å². The van der Waals surface area contributed by atoms with Crippen molar-refractivity contribution in [3.05, 3.63) is 48.0 Å². The molecule has 0 bridgehead atoms. The lowest BCUT2D eigenvalue weighted by molar-refractivity contribution is -0.114. The predicted octanol–water partition coefficient (Wildman–Crippen LogP) is 1.91. The number of imidazole rings is 1. The first kappa shape index (κ1) is 13.3. The smallest absolute Gasteiger partial charge is 0.221 e. The molecule has 0 radical (unpaired) electrons. The maximum absolute atomic E-state index is 11.1. The van der Waals surface area contributed by atoms with Crippen LogP contribution in [0.15, 0.2) is 36.7 Å². The lowest BCUT2D eigenvalue weighted by Gasteiger charge is -2.14. The third kappa shape index (κ3) is 3.00. The van der Waals surface area contributed by atoms with Crippen molar-refractivity contribution in [3.63, 3.8) is 0 Å². The summed E-state index contributed by atoms with van der Waals surface area (Å²) in [6.45, 7) is 4.36. The molecule has 5 nitrogen and oxygen atoms in total. The van der Waals surface area contributed by atoms with Crippen LogP contribution < -0.4 is 11.1 Å². The Morgan fingerprint density at radius 3 is 3.00 bits per heavy atom. The minimum absolute atomic E-state index is 0.0965. The highest BCUT2D eigenvalue weighted by Crippen LogP contribution is 2.21. The molecule has 3 N–H and O–H groups in total. The van der Waals surface area contributed by atoms with E-state index >= 15 is 0 Å². The summed E-state index contributed by atoms with van der Waals surface area (Å²) in [6.07, 6.45) is 3.66. The van der Waals surface area contributed by atoms with E-state index in [9.17, 15) is 4.79 Å². The van der Waals surface area contributed by atoms with Crippen molar-refractivity contribution in [2.24, 2.45) is 5.73 Å². The van der Waals surface area contributed by atoms with Gasteiger partial charge in [0.15, 0.2) is 0 Å². The van der Waals surface area contributed by atoms with E-state index in [1.807, 2.05) is 42.0 Å². The van der Waals surface area contributed by atoms with E-state index in [0.717, 1.165) is 23.6 Å². The quantitative estimate of drug-likeness (QED) is 0.879. The number of rotatable bonds is 4. The summed E-state index contributed by atoms with van der Waals surface area (Å²) in [6, 6.07) is 7.22. The zero-order valence-electron chi connectivity index (χ0n) is 11.1. The van der Waals surface area contributed by atoms with Crippen LogP contribution in [0.2, 0.25) is 0 Å². The summed E-state index contributed by atoms with van der Waals surface area (Å²) in [7, 11) is 0. The minimum atomic E-state index is -0.302. The van der Waals surface area contributed by atoms with Gasteiger partial charge in [-0.3, -0.25) is 4.79 Å². The first-order valence-corrected chi connectivity index (χ1v) is 6.26. The van der Waals surface area contributed by atoms with Crippen LogP contribution in [0.1, 0.15) is 31.3 Å². The van der Waals surface area contributed by atoms with Crippen LogP contribution in [0.5, 0.6) is 0 Å². The van der Waals surface area contributed by atoms with Gasteiger partial charge in [-0.05, 0) is 24.6 Å². The molecule has 5 heteroatoms. The molecule has 0 saturated carbocycles. The van der Waals surface area contributed by atoms with Gasteiger partial charge >= 0.3 is 0 Å². The number of aryl methyl sites for hydroxylation is 1. The normalized spacial score (nSPS) is 12.2. The number of hydrogen-bond acceptors (Lipinski definition) is 3. The maximum atomic E-state index is 11.1. The van der Waals surface area contributed by atoms with Gasteiger partial charge in [0.2, 0.25) is 5.91 Å². The van der Waals surface area contributed by atoms with Gasteiger partial charge in [-0.1, -0.05) is 12.1 Å². The second-order valence-corrected chi connectivity index (χ2v) is 4.36. The third-order valence-corrected chi connectivity index (χ3v) is 2.93. The van der Waals surface area contributed by atoms with Crippen molar-refractivity contribution >= 4 is 11.6 Å². The number of amides is 1. The first-order valence-electron chi connectivity index (χ1n) is 6.26. The summed E-state index contributed by atoms with van der Waals surface area (Å²) < 4.78 is 2.01. The Morgan fingerprint density at radius 2 is 2.32 bits per heavy atom. The fraction of sp³-hybridized carbons (Fsp3) is 0.286. The van der Waals surface area contributed by atoms with E-state index in [1.165, 1.54) is 6.92 Å². The number of carbonyl (C=O) groups is 1. The second-order valence-electron chi connectivity index (χ2n) is 4.36. The zero-order chi connectivity index (χ0) is 13.8. The molecular formula is C14H18N4O. The lowest BCUT2D eigenvalue weighted by atomic mass is 10.1. The van der Waals surface area contributed by atoms with Gasteiger partial charge in [0, 0.05) is 31.5 Å². The summed E-state index contributed by atoms with van der Waals surface area (Å²) >= 11 is 0. The third-order valence-electron chi connectivity index (χ3n) is 2.93. The molecule has 2 rings (SSSR count). The zero-order valence-corrected chi connectivity index (χ0v) is 11.1. The molecule has 0 fully saturated rings. The molecule has 1 atom stereocenters. The minimum Gasteiger partial charge on any atom is -0.334 e. The Balaban J connectivity index is 2.28. The molecule has 1 aromatic heterocycles. The van der Waals surface area contributed by atoms with E-state index in [1.54, 1.807) is 6.20 Å². The SMILES string of the molecule is CCn1ccnc1C(N)c1cccc(NC(C)=O)c1. The molecule has 1 heterocycles. The molecule has 100 valence electrons. The van der Waals surface area contributed by atoms with Gasteiger partial charge in [0.25, 0.3) is 0 Å². The van der Waals surface area contributed by atoms with Crippen LogP contribution in [-0.2, 0) is 11.3 Å². The summed E-state index contributed by atoms with van der Waals surface area (Å²) in [5.74, 6) is 0.725. The van der Waals surface area contributed by atoms with Crippen LogP contribution in [-0.4, -0.2) is 15.5 Å². The fourth-order valence-corrected chi connectivity index (χ4v) is 2.03. The van der Waals surface area contributed by atoms with Gasteiger partial charge in [0.05, 0.1) is 6.04 Å². The van der Waals surface area contributed by atoms with Crippen LogP contribution in [0.4, 0.5) is 5.69 Å². The van der Waals surface area contributed by atoms with E-state index in [0.29, 0.717) is 0 Å². The van der Waals surface area contributed by atoms with Gasteiger partial charge in [0.1, 0.15) is 5.82 Å². The van der Waals surface area contributed by atoms with Gasteiger partial charge in [-0.2, -0.15) is 0 Å². The van der Waals surface area contributed by atoms with E-state index in [-0.39, 0.29) is 11.9 Å². The number of nitrogens with zero attached hydrogens (tertiary/aromatic N) is 2. The number of benzene rings is 1. The molecule has 0 aliphatic carbocycles. The van der Waals surface area contributed by atoms with Crippen LogP contribution in [0.25, 0.3) is 0 Å². The van der Waals surface area contributed by atoms with Crippen molar-refractivity contribution in [2.45, 2.75) is 26.4 Å². The molecule has 0 saturated heterocycles. The molecule has 2 aromatic rings. The standard InChI is InChI=1S/C14H18N4O/c1-3-18-8-7-16-14(18)13(15)11-5-4-6-12(9-11)17-10(2)19/h4-9,13H,3,15H2,1-2H3,(H,17,19). The van der Waals surface area contributed by atoms with Crippen molar-refractivity contribution in [1.29, 1.82) is 0 Å². The number of anilines is 1. The molecule has 0 aliphatic heterocycles. The lowest BCUT2D eigenvalue weighted by Crippen LogP contribution is -2.18. The average molecular weight is 258 g/mol. The summed E-state index contributed by atoms with van der Waals surface area (Å²) in [5.41, 5.74) is 7.91. The molecular weight excluding hydrogens is 240 g/mol. The molecule has 1 aromatic carbocycles. The molecule has 19 heavy (non-hydrogen) atoms. The number of hydrogen-bond donors (Lipinski definition) is 2. The van der Waals surface area contributed by atoms with E-state index in [2.05, 4.69) is 10.3 Å². The van der Waals surface area contributed by atoms with Crippen molar-refractivity contribution in [3.8, 4) is 0 Å². The van der Waals surface area contributed by atoms with E-state index < -0.39 is 0 Å². The highest BCUT2D eigenvalue weighted by molar-refractivity contribution is 5.88. The van der Waals surface area contributed by atoms with Crippen LogP contribution in [0, 0.1) is 0 Å². The highest BCUT2D eigenvalue weighted by Gasteiger charge is 2.14. The van der Waals surface area contributed by atoms with Gasteiger partial charge in [-0.25, -0.2) is 4.98 Å². The first-order chi connectivity index (χ1) is 9.11. The Kier molecular flexibility index (Phi) is 3.97. The molecule has 1 unspecified atom stereocenters. The number of aromatic nitrogens is 2. The number of nitrogens with one attached hydrogen (secondary N) is 1. The monoisotopic (exact) mass is 258 g/mol. The fourth-order valence-electron chi connectivity index (χ4n) is 2.03.